The molecule has 1 unspecified atom stereocenters. The Morgan fingerprint density at radius 1 is 1.63 bits per heavy atom. The molecule has 1 aliphatic heterocycles. The lowest BCUT2D eigenvalue weighted by Gasteiger charge is -2.38. The third-order valence-corrected chi connectivity index (χ3v) is 2.88. The number of aliphatic hydroxyl groups excluding tert-OH is 1. The van der Waals surface area contributed by atoms with Crippen LogP contribution in [0.2, 0.25) is 0 Å². The van der Waals surface area contributed by atoms with Gasteiger partial charge in [-0.15, -0.1) is 0 Å². The Kier molecular flexibility index (Phi) is 5.05. The number of amides is 1. The highest BCUT2D eigenvalue weighted by Crippen LogP contribution is 2.31. The van der Waals surface area contributed by atoms with Crippen molar-refractivity contribution >= 4 is 5.91 Å². The normalized spacial score (nSPS) is 24.8. The number of carbonyl (C=O) groups is 1. The van der Waals surface area contributed by atoms with Crippen LogP contribution in [0.15, 0.2) is 24.5 Å². The van der Waals surface area contributed by atoms with E-state index in [2.05, 4.69) is 6.58 Å². The number of rotatable bonds is 4. The Hall–Kier alpha value is -1.43. The number of allylic oxidation sites excluding steroid dienone is 3. The molecule has 0 saturated carbocycles. The summed E-state index contributed by atoms with van der Waals surface area (Å²) in [7, 11) is 0. The zero-order chi connectivity index (χ0) is 14.6. The van der Waals surface area contributed by atoms with Gasteiger partial charge in [-0.25, -0.2) is 8.78 Å². The zero-order valence-electron chi connectivity index (χ0n) is 11.1. The van der Waals surface area contributed by atoms with E-state index in [0.717, 1.165) is 4.90 Å². The van der Waals surface area contributed by atoms with Gasteiger partial charge in [0.2, 0.25) is 0 Å². The van der Waals surface area contributed by atoms with Crippen LogP contribution in [0.3, 0.4) is 0 Å². The Balaban J connectivity index is 2.70. The summed E-state index contributed by atoms with van der Waals surface area (Å²) in [6.45, 7) is 5.71. The second kappa shape index (κ2) is 6.14. The topological polar surface area (TPSA) is 49.8 Å². The maximum Gasteiger partial charge on any atom is 0.301 e. The summed E-state index contributed by atoms with van der Waals surface area (Å²) in [4.78, 5) is 12.5. The molecule has 4 nitrogen and oxygen atoms in total. The first-order valence-corrected chi connectivity index (χ1v) is 6.08. The first kappa shape index (κ1) is 15.6. The van der Waals surface area contributed by atoms with Gasteiger partial charge in [0.25, 0.3) is 5.91 Å². The summed E-state index contributed by atoms with van der Waals surface area (Å²) in [5.41, 5.74) is 0. The number of piperidine rings is 1. The first-order valence-electron chi connectivity index (χ1n) is 6.08. The SMILES string of the molecule is C=C/C=C(\C)OC1CCN(C(=O)[C@H](C)O)CC1(F)F. The van der Waals surface area contributed by atoms with E-state index in [4.69, 9.17) is 9.84 Å². The summed E-state index contributed by atoms with van der Waals surface area (Å²) in [6, 6.07) is 0. The average molecular weight is 275 g/mol. The molecule has 1 aliphatic rings. The number of hydrogen-bond donors (Lipinski definition) is 1. The van der Waals surface area contributed by atoms with Crippen molar-refractivity contribution in [1.82, 2.24) is 4.90 Å². The van der Waals surface area contributed by atoms with Crippen molar-refractivity contribution in [3.05, 3.63) is 24.5 Å². The lowest BCUT2D eigenvalue weighted by atomic mass is 10.0. The van der Waals surface area contributed by atoms with Crippen molar-refractivity contribution in [1.29, 1.82) is 0 Å². The monoisotopic (exact) mass is 275 g/mol. The Morgan fingerprint density at radius 3 is 2.74 bits per heavy atom. The van der Waals surface area contributed by atoms with Crippen molar-refractivity contribution < 1.29 is 23.4 Å². The molecule has 1 saturated heterocycles. The molecular formula is C13H19F2NO3. The van der Waals surface area contributed by atoms with Gasteiger partial charge in [-0.1, -0.05) is 12.7 Å². The van der Waals surface area contributed by atoms with Gasteiger partial charge in [0.15, 0.2) is 6.10 Å². The second-order valence-corrected chi connectivity index (χ2v) is 4.60. The minimum absolute atomic E-state index is 0.0216. The fourth-order valence-electron chi connectivity index (χ4n) is 1.95. The molecule has 0 aromatic heterocycles. The largest absolute Gasteiger partial charge is 0.489 e. The molecule has 0 bridgehead atoms. The molecule has 0 aliphatic carbocycles. The van der Waals surface area contributed by atoms with Gasteiger partial charge < -0.3 is 14.7 Å². The predicted molar refractivity (Wildman–Crippen MR) is 66.7 cm³/mol. The Labute approximate surface area is 111 Å². The Morgan fingerprint density at radius 2 is 2.26 bits per heavy atom. The molecule has 19 heavy (non-hydrogen) atoms. The molecule has 2 atom stereocenters. The third-order valence-electron chi connectivity index (χ3n) is 2.88. The number of ether oxygens (including phenoxy) is 1. The van der Waals surface area contributed by atoms with Crippen LogP contribution in [-0.4, -0.2) is 47.1 Å². The number of halogens is 2. The molecule has 0 aromatic rings. The molecule has 1 rings (SSSR count). The van der Waals surface area contributed by atoms with Gasteiger partial charge in [0, 0.05) is 13.0 Å². The number of nitrogens with zero attached hydrogens (tertiary/aromatic N) is 1. The molecule has 1 amide bonds. The molecule has 6 heteroatoms. The van der Waals surface area contributed by atoms with Crippen molar-refractivity contribution in [3.8, 4) is 0 Å². The van der Waals surface area contributed by atoms with Crippen molar-refractivity contribution in [3.63, 3.8) is 0 Å². The van der Waals surface area contributed by atoms with E-state index in [9.17, 15) is 13.6 Å². The molecular weight excluding hydrogens is 256 g/mol. The molecule has 1 fully saturated rings. The first-order chi connectivity index (χ1) is 8.77. The Bertz CT molecular complexity index is 380. The summed E-state index contributed by atoms with van der Waals surface area (Å²) in [5, 5.41) is 9.14. The number of alkyl halides is 2. The van der Waals surface area contributed by atoms with E-state index in [1.807, 2.05) is 0 Å². The third kappa shape index (κ3) is 4.02. The van der Waals surface area contributed by atoms with Gasteiger partial charge in [-0.3, -0.25) is 4.79 Å². The van der Waals surface area contributed by atoms with E-state index in [0.29, 0.717) is 5.76 Å². The minimum atomic E-state index is -3.14. The summed E-state index contributed by atoms with van der Waals surface area (Å²) >= 11 is 0. The van der Waals surface area contributed by atoms with Crippen LogP contribution < -0.4 is 0 Å². The number of aliphatic hydroxyl groups is 1. The van der Waals surface area contributed by atoms with Gasteiger partial charge in [-0.2, -0.15) is 0 Å². The highest BCUT2D eigenvalue weighted by Gasteiger charge is 2.47. The standard InChI is InChI=1S/C13H19F2NO3/c1-4-5-9(2)19-11-6-7-16(8-13(11,14)15)12(18)10(3)17/h4-5,10-11,17H,1,6-8H2,2-3H3/b9-5+/t10-,11?/m0/s1. The zero-order valence-corrected chi connectivity index (χ0v) is 11.1. The predicted octanol–water partition coefficient (Wildman–Crippen LogP) is 1.71. The van der Waals surface area contributed by atoms with Crippen molar-refractivity contribution in [2.24, 2.45) is 0 Å². The fraction of sp³-hybridized carbons (Fsp3) is 0.615. The quantitative estimate of drug-likeness (QED) is 0.627. The van der Waals surface area contributed by atoms with E-state index in [1.54, 1.807) is 6.92 Å². The molecule has 0 aromatic carbocycles. The van der Waals surface area contributed by atoms with Gasteiger partial charge >= 0.3 is 5.92 Å². The van der Waals surface area contributed by atoms with E-state index in [1.165, 1.54) is 19.1 Å². The van der Waals surface area contributed by atoms with Crippen LogP contribution >= 0.6 is 0 Å². The smallest absolute Gasteiger partial charge is 0.301 e. The van der Waals surface area contributed by atoms with Crippen molar-refractivity contribution in [2.75, 3.05) is 13.1 Å². The van der Waals surface area contributed by atoms with Crippen molar-refractivity contribution in [2.45, 2.75) is 38.4 Å². The number of hydrogen-bond acceptors (Lipinski definition) is 3. The van der Waals surface area contributed by atoms with Crippen LogP contribution in [0.4, 0.5) is 8.78 Å². The lowest BCUT2D eigenvalue weighted by Crippen LogP contribution is -2.55. The highest BCUT2D eigenvalue weighted by atomic mass is 19.3. The van der Waals surface area contributed by atoms with E-state index < -0.39 is 30.6 Å². The maximum absolute atomic E-state index is 13.9. The van der Waals surface area contributed by atoms with Gasteiger partial charge in [0.1, 0.15) is 6.10 Å². The number of likely N-dealkylation sites (tertiary alicyclic amines) is 1. The van der Waals surface area contributed by atoms with Crippen LogP contribution in [0.1, 0.15) is 20.3 Å². The summed E-state index contributed by atoms with van der Waals surface area (Å²) in [5.74, 6) is -3.47. The average Bonchev–Trinajstić information content (AvgIpc) is 2.30. The van der Waals surface area contributed by atoms with Gasteiger partial charge in [-0.05, 0) is 19.9 Å². The molecule has 0 spiro atoms. The van der Waals surface area contributed by atoms with Crippen LogP contribution in [0.5, 0.6) is 0 Å². The summed E-state index contributed by atoms with van der Waals surface area (Å²) in [6.07, 6.45) is 0.453. The summed E-state index contributed by atoms with van der Waals surface area (Å²) < 4.78 is 33.0. The minimum Gasteiger partial charge on any atom is -0.489 e. The van der Waals surface area contributed by atoms with E-state index >= 15 is 0 Å². The van der Waals surface area contributed by atoms with E-state index in [-0.39, 0.29) is 13.0 Å². The lowest BCUT2D eigenvalue weighted by molar-refractivity contribution is -0.174. The molecule has 1 heterocycles. The highest BCUT2D eigenvalue weighted by molar-refractivity contribution is 5.80. The van der Waals surface area contributed by atoms with Crippen LogP contribution in [0, 0.1) is 0 Å². The van der Waals surface area contributed by atoms with Gasteiger partial charge in [0.05, 0.1) is 12.3 Å². The van der Waals surface area contributed by atoms with Crippen LogP contribution in [-0.2, 0) is 9.53 Å². The number of carbonyl (C=O) groups excluding carboxylic acids is 1. The molecule has 0 radical (unpaired) electrons. The molecule has 1 N–H and O–H groups in total. The molecule has 108 valence electrons. The maximum atomic E-state index is 13.9. The van der Waals surface area contributed by atoms with Crippen LogP contribution in [0.25, 0.3) is 0 Å². The fourth-order valence-corrected chi connectivity index (χ4v) is 1.95. The second-order valence-electron chi connectivity index (χ2n) is 4.60.